The van der Waals surface area contributed by atoms with Crippen LogP contribution in [0.5, 0.6) is 0 Å². The summed E-state index contributed by atoms with van der Waals surface area (Å²) in [5.74, 6) is 1.41. The molecule has 0 unspecified atom stereocenters. The number of amides is 2. The summed E-state index contributed by atoms with van der Waals surface area (Å²) < 4.78 is 13.9. The molecule has 0 radical (unpaired) electrons. The minimum absolute atomic E-state index is 0.0405. The quantitative estimate of drug-likeness (QED) is 0.197. The summed E-state index contributed by atoms with van der Waals surface area (Å²) in [4.78, 5) is 65.2. The highest BCUT2D eigenvalue weighted by Crippen LogP contribution is 2.45. The molecular formula is C68H116N4O6S2Si2. The Kier molecular flexibility index (Phi) is 27.2. The highest BCUT2D eigenvalue weighted by molar-refractivity contribution is 7.09. The van der Waals surface area contributed by atoms with E-state index in [1.807, 2.05) is 41.5 Å². The molecule has 0 fully saturated rings. The van der Waals surface area contributed by atoms with Crippen LogP contribution in [-0.4, -0.2) is 74.3 Å². The Morgan fingerprint density at radius 3 is 1.38 bits per heavy atom. The van der Waals surface area contributed by atoms with E-state index in [0.717, 1.165) is 83.9 Å². The van der Waals surface area contributed by atoms with Crippen molar-refractivity contribution in [3.8, 4) is 0 Å². The van der Waals surface area contributed by atoms with Crippen molar-refractivity contribution in [1.29, 1.82) is 0 Å². The number of rotatable bonds is 8. The molecule has 0 aromatic carbocycles. The molecule has 464 valence electrons. The van der Waals surface area contributed by atoms with Gasteiger partial charge in [0.25, 0.3) is 0 Å². The number of nitrogens with one attached hydrogen (secondary N) is 2. The van der Waals surface area contributed by atoms with Crippen LogP contribution in [0.3, 0.4) is 0 Å². The zero-order valence-corrected chi connectivity index (χ0v) is 60.1. The molecule has 0 spiro atoms. The second kappa shape index (κ2) is 30.5. The molecular weight excluding hydrogens is 1090 g/mol. The van der Waals surface area contributed by atoms with Crippen molar-refractivity contribution in [3.63, 3.8) is 0 Å². The average Bonchev–Trinajstić information content (AvgIpc) is 3.99. The van der Waals surface area contributed by atoms with E-state index in [2.05, 4.69) is 193 Å². The molecule has 0 bridgehead atoms. The van der Waals surface area contributed by atoms with E-state index < -0.39 is 39.7 Å². The van der Waals surface area contributed by atoms with Crippen LogP contribution in [-0.2, 0) is 28.0 Å². The van der Waals surface area contributed by atoms with E-state index >= 15 is 0 Å². The molecule has 2 aliphatic heterocycles. The summed E-state index contributed by atoms with van der Waals surface area (Å²) in [6, 6.07) is -0.309. The minimum atomic E-state index is -2.27. The number of ketones is 2. The van der Waals surface area contributed by atoms with Crippen molar-refractivity contribution in [2.75, 3.05) is 0 Å². The third kappa shape index (κ3) is 21.1. The van der Waals surface area contributed by atoms with Gasteiger partial charge >= 0.3 is 0 Å². The molecule has 10 atom stereocenters. The van der Waals surface area contributed by atoms with Crippen LogP contribution < -0.4 is 10.6 Å². The molecule has 2 aromatic rings. The second-order valence-electron chi connectivity index (χ2n) is 29.5. The first-order chi connectivity index (χ1) is 37.5. The fourth-order valence-electron chi connectivity index (χ4n) is 10.8. The Labute approximate surface area is 510 Å². The number of aryl methyl sites for hydroxylation is 2. The minimum Gasteiger partial charge on any atom is -0.412 e. The highest BCUT2D eigenvalue weighted by Gasteiger charge is 2.50. The highest BCUT2D eigenvalue weighted by atomic mass is 32.1. The Morgan fingerprint density at radius 1 is 0.598 bits per heavy atom. The Balaban J connectivity index is 0.000000430. The third-order valence-corrected chi connectivity index (χ3v) is 30.5. The van der Waals surface area contributed by atoms with Gasteiger partial charge in [-0.15, -0.1) is 22.7 Å². The van der Waals surface area contributed by atoms with E-state index in [0.29, 0.717) is 11.8 Å². The van der Waals surface area contributed by atoms with Crippen LogP contribution >= 0.6 is 22.7 Å². The molecule has 2 aromatic heterocycles. The van der Waals surface area contributed by atoms with Gasteiger partial charge in [0.05, 0.1) is 58.5 Å². The summed E-state index contributed by atoms with van der Waals surface area (Å²) in [6.45, 7) is 55.7. The van der Waals surface area contributed by atoms with Crippen LogP contribution in [0.15, 0.2) is 45.2 Å². The number of thiazole rings is 2. The van der Waals surface area contributed by atoms with E-state index in [9.17, 15) is 19.2 Å². The van der Waals surface area contributed by atoms with Gasteiger partial charge in [-0.1, -0.05) is 147 Å². The molecule has 2 amide bonds. The first-order valence-corrected chi connectivity index (χ1v) is 38.6. The van der Waals surface area contributed by atoms with E-state index in [1.54, 1.807) is 22.7 Å². The molecule has 2 N–H and O–H groups in total. The van der Waals surface area contributed by atoms with E-state index in [4.69, 9.17) is 8.85 Å². The van der Waals surface area contributed by atoms with Crippen molar-refractivity contribution in [2.24, 2.45) is 46.3 Å². The molecule has 4 rings (SSSR count). The number of allylic oxidation sites excluding steroid dienone is 2. The number of carbonyl (C=O) groups is 4. The van der Waals surface area contributed by atoms with Gasteiger partial charge in [0.15, 0.2) is 16.6 Å². The molecule has 2 aliphatic rings. The normalized spacial score (nSPS) is 29.5. The zero-order chi connectivity index (χ0) is 62.7. The van der Waals surface area contributed by atoms with Crippen LogP contribution in [0.1, 0.15) is 224 Å². The lowest BCUT2D eigenvalue weighted by molar-refractivity contribution is -0.141. The maximum Gasteiger partial charge on any atom is 0.223 e. The predicted octanol–water partition coefficient (Wildman–Crippen LogP) is 18.3. The summed E-state index contributed by atoms with van der Waals surface area (Å²) in [6.07, 6.45) is 16.0. The number of aromatic nitrogens is 2. The topological polar surface area (TPSA) is 137 Å². The lowest BCUT2D eigenvalue weighted by Crippen LogP contribution is -2.53. The number of hydrogen-bond donors (Lipinski definition) is 2. The van der Waals surface area contributed by atoms with Gasteiger partial charge in [-0.3, -0.25) is 19.2 Å². The number of nitrogens with zero attached hydrogens (tertiary/aromatic N) is 2. The lowest BCUT2D eigenvalue weighted by atomic mass is 9.70. The Morgan fingerprint density at radius 2 is 0.988 bits per heavy atom. The smallest absolute Gasteiger partial charge is 0.223 e. The fourth-order valence-corrected chi connectivity index (χ4v) is 14.9. The summed E-state index contributed by atoms with van der Waals surface area (Å²) in [5, 5.41) is 12.7. The first kappa shape index (κ1) is 73.1. The average molecular weight is 1210 g/mol. The van der Waals surface area contributed by atoms with Gasteiger partial charge in [0, 0.05) is 33.4 Å². The number of carbonyl (C=O) groups excluding carboxylic acids is 4. The SMILES string of the molecule is C/C1=C/CCC[C@H](C)[C@@H](C)[C@H](C)C(=O)C(C)(C)[C@@H](O[Si](C)(C)C(C)(C)C)CC(=O)N[C@H](/C(C)=C/c2csc(C)n2)C1.C/C1=C/C[C@@H](/C(C)=C/c2csc(C)n2)NC(=O)C[C@H](O[Si](C)(C)C(C)(C)C)C(C)(C)C(=O)[C@@H](C)[C@H](C)[C@@H](C)CCC1. The Bertz CT molecular complexity index is 2570. The third-order valence-electron chi connectivity index (χ3n) is 19.9. The van der Waals surface area contributed by atoms with Crippen LogP contribution in [0.2, 0.25) is 36.3 Å². The Hall–Kier alpha value is -3.15. The monoisotopic (exact) mass is 1200 g/mol. The van der Waals surface area contributed by atoms with Gasteiger partial charge in [-0.05, 0) is 163 Å². The molecule has 4 heterocycles. The zero-order valence-electron chi connectivity index (χ0n) is 56.5. The predicted molar refractivity (Wildman–Crippen MR) is 355 cm³/mol. The molecule has 10 nitrogen and oxygen atoms in total. The second-order valence-corrected chi connectivity index (χ2v) is 41.2. The first-order valence-electron chi connectivity index (χ1n) is 31.1. The van der Waals surface area contributed by atoms with Gasteiger partial charge in [-0.25, -0.2) is 9.97 Å². The van der Waals surface area contributed by atoms with Crippen molar-refractivity contribution in [1.82, 2.24) is 20.6 Å². The fraction of sp³-hybridized carbons (Fsp3) is 0.735. The van der Waals surface area contributed by atoms with Gasteiger partial charge in [-0.2, -0.15) is 0 Å². The van der Waals surface area contributed by atoms with Crippen molar-refractivity contribution >= 4 is 74.8 Å². The van der Waals surface area contributed by atoms with Gasteiger partial charge in [0.2, 0.25) is 11.8 Å². The number of Topliss-reactive ketones (excluding diaryl/α,β-unsaturated/α-hetero) is 2. The summed E-state index contributed by atoms with van der Waals surface area (Å²) in [7, 11) is -4.55. The maximum atomic E-state index is 14.2. The molecule has 0 aliphatic carbocycles. The maximum absolute atomic E-state index is 14.2. The summed E-state index contributed by atoms with van der Waals surface area (Å²) >= 11 is 3.26. The lowest BCUT2D eigenvalue weighted by Gasteiger charge is -2.45. The van der Waals surface area contributed by atoms with Crippen LogP contribution in [0.25, 0.3) is 12.2 Å². The van der Waals surface area contributed by atoms with Crippen LogP contribution in [0, 0.1) is 60.2 Å². The van der Waals surface area contributed by atoms with E-state index in [-0.39, 0.29) is 82.1 Å². The van der Waals surface area contributed by atoms with E-state index in [1.165, 1.54) is 11.1 Å². The molecule has 82 heavy (non-hydrogen) atoms. The van der Waals surface area contributed by atoms with Gasteiger partial charge in [0.1, 0.15) is 11.6 Å². The van der Waals surface area contributed by atoms with Gasteiger partial charge < -0.3 is 19.5 Å². The number of hydrogen-bond acceptors (Lipinski definition) is 10. The molecule has 0 saturated carbocycles. The largest absolute Gasteiger partial charge is 0.412 e. The molecule has 14 heteroatoms. The van der Waals surface area contributed by atoms with Crippen LogP contribution in [0.4, 0.5) is 0 Å². The van der Waals surface area contributed by atoms with Crippen molar-refractivity contribution < 1.29 is 28.0 Å². The van der Waals surface area contributed by atoms with Crippen molar-refractivity contribution in [2.45, 2.75) is 277 Å². The van der Waals surface area contributed by atoms with Crippen molar-refractivity contribution in [3.05, 3.63) is 66.6 Å². The molecule has 0 saturated heterocycles. The standard InChI is InChI=1S/2C34H58N2O3SSi/c1-22-15-14-16-23(2)25(4)26(5)32(38)34(10,11)30(39-41(12,13)33(7,8)9)20-31(37)36-29(18-17-22)24(3)19-28-21-40-27(6)35-28;1-22-16-14-15-17-23(2)25(4)26(5)32(38)34(10,11)30(39-41(12,13)33(7,8)9)20-31(37)36-29(18-22)24(3)19-28-21-40-27(6)35-28/h17,19,21,23,25-26,29-30H,14-16,18,20H2,1-13H3,(H,36,37);16,19,21,23,25-26,29-30H,14-15,17-18,20H2,1-13H3,(H,36,37)/b22-17-,24-19+;22-16-,24-19+/t2*23-,25+,26-,29-,30-/m00/s1. The summed E-state index contributed by atoms with van der Waals surface area (Å²) in [5.41, 5.74) is 5.03.